The van der Waals surface area contributed by atoms with Crippen LogP contribution in [0.15, 0.2) is 35.3 Å². The van der Waals surface area contributed by atoms with Crippen molar-refractivity contribution in [3.8, 4) is 6.07 Å². The molecule has 0 bridgehead atoms. The van der Waals surface area contributed by atoms with E-state index in [1.165, 1.54) is 0 Å². The van der Waals surface area contributed by atoms with Gasteiger partial charge in [-0.25, -0.2) is 4.98 Å². The van der Waals surface area contributed by atoms with E-state index in [9.17, 15) is 0 Å². The van der Waals surface area contributed by atoms with Gasteiger partial charge >= 0.3 is 0 Å². The third-order valence-corrected chi connectivity index (χ3v) is 2.61. The maximum absolute atomic E-state index is 9.14. The minimum atomic E-state index is 0.624. The summed E-state index contributed by atoms with van der Waals surface area (Å²) in [4.78, 5) is 6.20. The smallest absolute Gasteiger partial charge is 0.146 e. The Balaban J connectivity index is 2.28. The van der Waals surface area contributed by atoms with E-state index in [1.54, 1.807) is 18.7 Å². The normalized spacial score (nSPS) is 9.94. The van der Waals surface area contributed by atoms with E-state index in [2.05, 4.69) is 11.1 Å². The predicted molar refractivity (Wildman–Crippen MR) is 64.5 cm³/mol. The van der Waals surface area contributed by atoms with Gasteiger partial charge in [-0.05, 0) is 24.6 Å². The summed E-state index contributed by atoms with van der Waals surface area (Å²) in [5.41, 5.74) is 2.62. The van der Waals surface area contributed by atoms with Crippen LogP contribution in [-0.4, -0.2) is 12.0 Å². The number of rotatable bonds is 3. The Hall–Kier alpha value is -2.28. The van der Waals surface area contributed by atoms with Crippen LogP contribution in [0.3, 0.4) is 0 Å². The number of nitrogens with zero attached hydrogens (tertiary/aromatic N) is 3. The molecule has 2 aromatic rings. The zero-order valence-electron chi connectivity index (χ0n) is 9.84. The second-order valence-electron chi connectivity index (χ2n) is 3.93. The van der Waals surface area contributed by atoms with Crippen molar-refractivity contribution < 1.29 is 4.42 Å². The molecule has 0 atom stereocenters. The standard InChI is InChI=1S/C13H13N3O/c1-10-3-5-15-13(12(10)7-14)16(2)8-11-4-6-17-9-11/h3-6,9H,8H2,1-2H3. The van der Waals surface area contributed by atoms with Crippen LogP contribution in [0.4, 0.5) is 5.82 Å². The molecule has 17 heavy (non-hydrogen) atoms. The zero-order valence-corrected chi connectivity index (χ0v) is 9.84. The number of furan rings is 1. The van der Waals surface area contributed by atoms with Crippen LogP contribution in [0.2, 0.25) is 0 Å². The van der Waals surface area contributed by atoms with Crippen LogP contribution in [0.5, 0.6) is 0 Å². The van der Waals surface area contributed by atoms with E-state index in [1.807, 2.05) is 31.0 Å². The van der Waals surface area contributed by atoms with Crippen LogP contribution >= 0.6 is 0 Å². The first-order valence-corrected chi connectivity index (χ1v) is 5.30. The number of pyridine rings is 1. The summed E-state index contributed by atoms with van der Waals surface area (Å²) in [7, 11) is 1.91. The van der Waals surface area contributed by atoms with Gasteiger partial charge in [0, 0.05) is 25.4 Å². The number of nitriles is 1. The summed E-state index contributed by atoms with van der Waals surface area (Å²) >= 11 is 0. The van der Waals surface area contributed by atoms with E-state index in [0.717, 1.165) is 11.1 Å². The molecule has 0 saturated carbocycles. The van der Waals surface area contributed by atoms with Gasteiger partial charge in [0.2, 0.25) is 0 Å². The molecule has 2 rings (SSSR count). The largest absolute Gasteiger partial charge is 0.472 e. The van der Waals surface area contributed by atoms with Crippen molar-refractivity contribution in [3.63, 3.8) is 0 Å². The fourth-order valence-electron chi connectivity index (χ4n) is 1.70. The summed E-state index contributed by atoms with van der Waals surface area (Å²) in [6, 6.07) is 5.94. The lowest BCUT2D eigenvalue weighted by molar-refractivity contribution is 0.563. The van der Waals surface area contributed by atoms with E-state index in [-0.39, 0.29) is 0 Å². The van der Waals surface area contributed by atoms with Crippen LogP contribution in [0, 0.1) is 18.3 Å². The van der Waals surface area contributed by atoms with Crippen molar-refractivity contribution >= 4 is 5.82 Å². The molecular formula is C13H13N3O. The molecule has 0 saturated heterocycles. The minimum Gasteiger partial charge on any atom is -0.472 e. The van der Waals surface area contributed by atoms with E-state index >= 15 is 0 Å². The van der Waals surface area contributed by atoms with Gasteiger partial charge in [-0.3, -0.25) is 0 Å². The van der Waals surface area contributed by atoms with Gasteiger partial charge < -0.3 is 9.32 Å². The first kappa shape index (κ1) is 11.2. The third-order valence-electron chi connectivity index (χ3n) is 2.61. The van der Waals surface area contributed by atoms with Crippen molar-refractivity contribution in [1.82, 2.24) is 4.98 Å². The lowest BCUT2D eigenvalue weighted by atomic mass is 10.1. The molecule has 0 amide bonds. The summed E-state index contributed by atoms with van der Waals surface area (Å²) in [5, 5.41) is 9.14. The Bertz CT molecular complexity index is 540. The van der Waals surface area contributed by atoms with Gasteiger partial charge in [-0.1, -0.05) is 0 Å². The molecular weight excluding hydrogens is 214 g/mol. The number of anilines is 1. The van der Waals surface area contributed by atoms with Crippen molar-refractivity contribution in [2.45, 2.75) is 13.5 Å². The molecule has 86 valence electrons. The SMILES string of the molecule is Cc1ccnc(N(C)Cc2ccoc2)c1C#N. The zero-order chi connectivity index (χ0) is 12.3. The molecule has 0 unspecified atom stereocenters. The molecule has 4 nitrogen and oxygen atoms in total. The molecule has 4 heteroatoms. The Kier molecular flexibility index (Phi) is 3.10. The first-order valence-electron chi connectivity index (χ1n) is 5.30. The van der Waals surface area contributed by atoms with Gasteiger partial charge in [0.25, 0.3) is 0 Å². The molecule has 0 aliphatic rings. The Morgan fingerprint density at radius 2 is 2.29 bits per heavy atom. The van der Waals surface area contributed by atoms with Crippen molar-refractivity contribution in [1.29, 1.82) is 5.26 Å². The summed E-state index contributed by atoms with van der Waals surface area (Å²) in [6.07, 6.45) is 5.05. The van der Waals surface area contributed by atoms with Crippen molar-refractivity contribution in [2.24, 2.45) is 0 Å². The van der Waals surface area contributed by atoms with Crippen LogP contribution in [0.25, 0.3) is 0 Å². The fraction of sp³-hybridized carbons (Fsp3) is 0.231. The first-order chi connectivity index (χ1) is 8.22. The monoisotopic (exact) mass is 227 g/mol. The number of hydrogen-bond acceptors (Lipinski definition) is 4. The maximum atomic E-state index is 9.14. The molecule has 2 heterocycles. The second kappa shape index (κ2) is 4.71. The third kappa shape index (κ3) is 2.28. The highest BCUT2D eigenvalue weighted by Crippen LogP contribution is 2.20. The molecule has 2 aromatic heterocycles. The van der Waals surface area contributed by atoms with Gasteiger partial charge in [0.05, 0.1) is 18.1 Å². The van der Waals surface area contributed by atoms with Crippen LogP contribution in [0.1, 0.15) is 16.7 Å². The molecule has 0 aliphatic carbocycles. The maximum Gasteiger partial charge on any atom is 0.146 e. The average Bonchev–Trinajstić information content (AvgIpc) is 2.81. The summed E-state index contributed by atoms with van der Waals surface area (Å²) < 4.78 is 5.02. The van der Waals surface area contributed by atoms with E-state index in [0.29, 0.717) is 17.9 Å². The summed E-state index contributed by atoms with van der Waals surface area (Å²) in [5.74, 6) is 0.703. The average molecular weight is 227 g/mol. The molecule has 0 N–H and O–H groups in total. The van der Waals surface area contributed by atoms with Gasteiger partial charge in [0.1, 0.15) is 11.9 Å². The van der Waals surface area contributed by atoms with Gasteiger partial charge in [-0.2, -0.15) is 5.26 Å². The molecule has 0 aliphatic heterocycles. The molecule has 0 spiro atoms. The van der Waals surface area contributed by atoms with Crippen LogP contribution in [-0.2, 0) is 6.54 Å². The van der Waals surface area contributed by atoms with E-state index < -0.39 is 0 Å². The quantitative estimate of drug-likeness (QED) is 0.808. The summed E-state index contributed by atoms with van der Waals surface area (Å²) in [6.45, 7) is 2.58. The number of aromatic nitrogens is 1. The number of hydrogen-bond donors (Lipinski definition) is 0. The Morgan fingerprint density at radius 1 is 1.47 bits per heavy atom. The topological polar surface area (TPSA) is 53.1 Å². The number of aryl methyl sites for hydroxylation is 1. The van der Waals surface area contributed by atoms with Crippen molar-refractivity contribution in [2.75, 3.05) is 11.9 Å². The fourth-order valence-corrected chi connectivity index (χ4v) is 1.70. The van der Waals surface area contributed by atoms with Gasteiger partial charge in [-0.15, -0.1) is 0 Å². The lowest BCUT2D eigenvalue weighted by Crippen LogP contribution is -2.18. The van der Waals surface area contributed by atoms with Gasteiger partial charge in [0.15, 0.2) is 0 Å². The molecule has 0 aromatic carbocycles. The molecule has 0 radical (unpaired) electrons. The molecule has 0 fully saturated rings. The van der Waals surface area contributed by atoms with Crippen LogP contribution < -0.4 is 4.90 Å². The highest BCUT2D eigenvalue weighted by atomic mass is 16.3. The Labute approximate surface area is 100 Å². The lowest BCUT2D eigenvalue weighted by Gasteiger charge is -2.18. The second-order valence-corrected chi connectivity index (χ2v) is 3.93. The minimum absolute atomic E-state index is 0.624. The highest BCUT2D eigenvalue weighted by molar-refractivity contribution is 5.56. The Morgan fingerprint density at radius 3 is 2.94 bits per heavy atom. The van der Waals surface area contributed by atoms with Crippen molar-refractivity contribution in [3.05, 3.63) is 47.5 Å². The van der Waals surface area contributed by atoms with E-state index in [4.69, 9.17) is 9.68 Å². The predicted octanol–water partition coefficient (Wildman–Crippen LogP) is 2.49. The highest BCUT2D eigenvalue weighted by Gasteiger charge is 2.11.